The molecule has 0 saturated carbocycles. The van der Waals surface area contributed by atoms with Crippen LogP contribution < -0.4 is 0 Å². The average molecular weight is 298 g/mol. The van der Waals surface area contributed by atoms with Gasteiger partial charge in [0.15, 0.2) is 11.6 Å². The Bertz CT molecular complexity index is 763. The summed E-state index contributed by atoms with van der Waals surface area (Å²) in [4.78, 5) is 26.1. The van der Waals surface area contributed by atoms with Gasteiger partial charge in [0, 0.05) is 26.8 Å². The van der Waals surface area contributed by atoms with Gasteiger partial charge in [-0.05, 0) is 12.1 Å². The standard InChI is InChI=1S/C17H14O3S/c1-9(2)21-13-8-4-6-11-15(13)17(20)10-5-3-7-12(18)14(10)16(11)19/h3-9,18H,1-2H3. The van der Waals surface area contributed by atoms with Gasteiger partial charge >= 0.3 is 0 Å². The molecule has 0 atom stereocenters. The minimum atomic E-state index is -0.288. The second-order valence-corrected chi connectivity index (χ2v) is 6.82. The van der Waals surface area contributed by atoms with Gasteiger partial charge in [0.25, 0.3) is 0 Å². The van der Waals surface area contributed by atoms with E-state index in [9.17, 15) is 14.7 Å². The lowest BCUT2D eigenvalue weighted by Crippen LogP contribution is -2.22. The largest absolute Gasteiger partial charge is 0.507 e. The van der Waals surface area contributed by atoms with E-state index in [4.69, 9.17) is 0 Å². The Balaban J connectivity index is 2.26. The van der Waals surface area contributed by atoms with Gasteiger partial charge in [-0.25, -0.2) is 0 Å². The third-order valence-electron chi connectivity index (χ3n) is 3.37. The SMILES string of the molecule is CC(C)Sc1cccc2c1C(=O)c1cccc(O)c1C2=O. The smallest absolute Gasteiger partial charge is 0.198 e. The van der Waals surface area contributed by atoms with E-state index in [-0.39, 0.29) is 28.4 Å². The van der Waals surface area contributed by atoms with Gasteiger partial charge in [-0.15, -0.1) is 11.8 Å². The number of phenols is 1. The van der Waals surface area contributed by atoms with E-state index in [2.05, 4.69) is 0 Å². The van der Waals surface area contributed by atoms with Gasteiger partial charge in [0.2, 0.25) is 0 Å². The van der Waals surface area contributed by atoms with Gasteiger partial charge in [-0.3, -0.25) is 9.59 Å². The van der Waals surface area contributed by atoms with Crippen molar-refractivity contribution in [3.8, 4) is 5.75 Å². The van der Waals surface area contributed by atoms with Crippen LogP contribution in [-0.4, -0.2) is 21.9 Å². The lowest BCUT2D eigenvalue weighted by Gasteiger charge is -2.21. The number of phenolic OH excluding ortho intramolecular Hbond substituents is 1. The molecule has 0 unspecified atom stereocenters. The van der Waals surface area contributed by atoms with E-state index in [0.717, 1.165) is 4.90 Å². The molecule has 21 heavy (non-hydrogen) atoms. The predicted molar refractivity (Wildman–Crippen MR) is 82.4 cm³/mol. The first kappa shape index (κ1) is 13.9. The number of hydrogen-bond acceptors (Lipinski definition) is 4. The van der Waals surface area contributed by atoms with Gasteiger partial charge in [0.05, 0.1) is 5.56 Å². The number of thioether (sulfide) groups is 1. The maximum atomic E-state index is 12.7. The Labute approximate surface area is 127 Å². The summed E-state index contributed by atoms with van der Waals surface area (Å²) in [6.07, 6.45) is 0. The highest BCUT2D eigenvalue weighted by Gasteiger charge is 2.33. The molecule has 0 spiro atoms. The topological polar surface area (TPSA) is 54.4 Å². The van der Waals surface area contributed by atoms with Crippen LogP contribution in [0.1, 0.15) is 45.7 Å². The summed E-state index contributed by atoms with van der Waals surface area (Å²) in [5.74, 6) is -0.624. The minimum Gasteiger partial charge on any atom is -0.507 e. The van der Waals surface area contributed by atoms with Crippen molar-refractivity contribution in [3.05, 3.63) is 58.7 Å². The van der Waals surface area contributed by atoms with Gasteiger partial charge < -0.3 is 5.11 Å². The first-order valence-corrected chi connectivity index (χ1v) is 7.59. The lowest BCUT2D eigenvalue weighted by molar-refractivity contribution is 0.0974. The summed E-state index contributed by atoms with van der Waals surface area (Å²) in [6, 6.07) is 9.90. The first-order chi connectivity index (χ1) is 10.0. The molecule has 0 radical (unpaired) electrons. The summed E-state index contributed by atoms with van der Waals surface area (Å²) >= 11 is 1.56. The molecule has 2 aromatic rings. The van der Waals surface area contributed by atoms with Crippen molar-refractivity contribution < 1.29 is 14.7 Å². The lowest BCUT2D eigenvalue weighted by atomic mass is 9.83. The van der Waals surface area contributed by atoms with Crippen LogP contribution in [0.3, 0.4) is 0 Å². The van der Waals surface area contributed by atoms with Crippen LogP contribution in [0.5, 0.6) is 5.75 Å². The molecule has 1 N–H and O–H groups in total. The number of fused-ring (bicyclic) bond motifs is 2. The van der Waals surface area contributed by atoms with E-state index in [1.54, 1.807) is 36.0 Å². The van der Waals surface area contributed by atoms with E-state index in [0.29, 0.717) is 16.4 Å². The van der Waals surface area contributed by atoms with E-state index < -0.39 is 0 Å². The number of carbonyl (C=O) groups excluding carboxylic acids is 2. The van der Waals surface area contributed by atoms with Crippen molar-refractivity contribution >= 4 is 23.3 Å². The van der Waals surface area contributed by atoms with Crippen LogP contribution in [0.15, 0.2) is 41.3 Å². The summed E-state index contributed by atoms with van der Waals surface area (Å²) in [7, 11) is 0. The molecule has 0 fully saturated rings. The highest BCUT2D eigenvalue weighted by atomic mass is 32.2. The van der Waals surface area contributed by atoms with Gasteiger partial charge in [0.1, 0.15) is 5.75 Å². The van der Waals surface area contributed by atoms with Crippen molar-refractivity contribution in [1.29, 1.82) is 0 Å². The molecule has 0 aromatic heterocycles. The zero-order chi connectivity index (χ0) is 15.1. The first-order valence-electron chi connectivity index (χ1n) is 6.71. The van der Waals surface area contributed by atoms with Crippen LogP contribution in [0.2, 0.25) is 0 Å². The van der Waals surface area contributed by atoms with E-state index in [1.807, 2.05) is 19.9 Å². The summed E-state index contributed by atoms with van der Waals surface area (Å²) in [5.41, 5.74) is 1.23. The van der Waals surface area contributed by atoms with Crippen LogP contribution in [0.4, 0.5) is 0 Å². The van der Waals surface area contributed by atoms with Gasteiger partial charge in [-0.1, -0.05) is 38.1 Å². The van der Waals surface area contributed by atoms with Crippen molar-refractivity contribution in [3.63, 3.8) is 0 Å². The summed E-state index contributed by atoms with van der Waals surface area (Å²) in [6.45, 7) is 4.08. The fourth-order valence-corrected chi connectivity index (χ4v) is 3.53. The Kier molecular flexibility index (Phi) is 3.33. The molecular weight excluding hydrogens is 284 g/mol. The molecule has 0 amide bonds. The molecule has 4 heteroatoms. The van der Waals surface area contributed by atoms with Crippen molar-refractivity contribution in [2.24, 2.45) is 0 Å². The van der Waals surface area contributed by atoms with Crippen molar-refractivity contribution in [1.82, 2.24) is 0 Å². The van der Waals surface area contributed by atoms with Crippen LogP contribution in [0.25, 0.3) is 0 Å². The molecule has 0 aliphatic heterocycles. The second kappa shape index (κ2) is 5.04. The molecule has 2 aromatic carbocycles. The third-order valence-corrected chi connectivity index (χ3v) is 4.44. The monoisotopic (exact) mass is 298 g/mol. The van der Waals surface area contributed by atoms with Crippen molar-refractivity contribution in [2.45, 2.75) is 24.0 Å². The molecule has 0 heterocycles. The number of ketones is 2. The molecule has 106 valence electrons. The number of hydrogen-bond donors (Lipinski definition) is 1. The Hall–Kier alpha value is -2.07. The highest BCUT2D eigenvalue weighted by molar-refractivity contribution is 8.00. The van der Waals surface area contributed by atoms with Crippen LogP contribution in [-0.2, 0) is 0 Å². The number of benzene rings is 2. The van der Waals surface area contributed by atoms with E-state index >= 15 is 0 Å². The molecule has 0 saturated heterocycles. The number of carbonyl (C=O) groups is 2. The second-order valence-electron chi connectivity index (χ2n) is 5.20. The molecule has 1 aliphatic carbocycles. The fraction of sp³-hybridized carbons (Fsp3) is 0.176. The Morgan fingerprint density at radius 3 is 2.14 bits per heavy atom. The molecule has 3 nitrogen and oxygen atoms in total. The predicted octanol–water partition coefficient (Wildman–Crippen LogP) is 3.67. The molecule has 1 aliphatic rings. The maximum Gasteiger partial charge on any atom is 0.198 e. The molecule has 3 rings (SSSR count). The minimum absolute atomic E-state index is 0.113. The highest BCUT2D eigenvalue weighted by Crippen LogP contribution is 2.37. The zero-order valence-corrected chi connectivity index (χ0v) is 12.5. The summed E-state index contributed by atoms with van der Waals surface area (Å²) < 4.78 is 0. The number of aromatic hydroxyl groups is 1. The fourth-order valence-electron chi connectivity index (χ4n) is 2.54. The Morgan fingerprint density at radius 2 is 1.48 bits per heavy atom. The molecule has 0 bridgehead atoms. The summed E-state index contributed by atoms with van der Waals surface area (Å²) in [5, 5.41) is 10.2. The quantitative estimate of drug-likeness (QED) is 0.733. The molecular formula is C17H14O3S. The van der Waals surface area contributed by atoms with Gasteiger partial charge in [-0.2, -0.15) is 0 Å². The third kappa shape index (κ3) is 2.16. The van der Waals surface area contributed by atoms with E-state index in [1.165, 1.54) is 6.07 Å². The van der Waals surface area contributed by atoms with Crippen LogP contribution in [0, 0.1) is 0 Å². The van der Waals surface area contributed by atoms with Crippen molar-refractivity contribution in [2.75, 3.05) is 0 Å². The number of rotatable bonds is 2. The zero-order valence-electron chi connectivity index (χ0n) is 11.7. The van der Waals surface area contributed by atoms with Crippen LogP contribution >= 0.6 is 11.8 Å². The normalized spacial score (nSPS) is 13.3. The average Bonchev–Trinajstić information content (AvgIpc) is 2.44. The maximum absolute atomic E-state index is 12.7. The Morgan fingerprint density at radius 1 is 0.905 bits per heavy atom.